The number of aromatic nitrogens is 1. The molecule has 1 aromatic heterocycles. The lowest BCUT2D eigenvalue weighted by Gasteiger charge is -2.15. The first kappa shape index (κ1) is 15.1. The Labute approximate surface area is 112 Å². The number of esters is 2. The average molecular weight is 266 g/mol. The summed E-state index contributed by atoms with van der Waals surface area (Å²) in [7, 11) is 4.59. The van der Waals surface area contributed by atoms with Gasteiger partial charge in [0.2, 0.25) is 0 Å². The van der Waals surface area contributed by atoms with Gasteiger partial charge >= 0.3 is 11.9 Å². The molecular weight excluding hydrogens is 248 g/mol. The molecule has 0 bridgehead atoms. The minimum Gasteiger partial charge on any atom is -0.469 e. The van der Waals surface area contributed by atoms with Crippen molar-refractivity contribution in [2.75, 3.05) is 27.8 Å². The number of carbonyl (C=O) groups is 2. The fourth-order valence-electron chi connectivity index (χ4n) is 1.50. The van der Waals surface area contributed by atoms with Crippen LogP contribution >= 0.6 is 0 Å². The molecule has 0 N–H and O–H groups in total. The van der Waals surface area contributed by atoms with Crippen LogP contribution in [0.1, 0.15) is 22.5 Å². The van der Waals surface area contributed by atoms with E-state index in [1.165, 1.54) is 20.4 Å². The third-order valence-corrected chi connectivity index (χ3v) is 2.60. The number of carbonyl (C=O) groups excluding carboxylic acids is 2. The van der Waals surface area contributed by atoms with E-state index in [2.05, 4.69) is 14.5 Å². The zero-order chi connectivity index (χ0) is 14.3. The summed E-state index contributed by atoms with van der Waals surface area (Å²) in [5, 5.41) is 0. The Hall–Kier alpha value is -1.95. The second kappa shape index (κ2) is 7.48. The molecule has 19 heavy (non-hydrogen) atoms. The van der Waals surface area contributed by atoms with Gasteiger partial charge in [0.1, 0.15) is 0 Å². The van der Waals surface area contributed by atoms with Crippen LogP contribution in [0.25, 0.3) is 0 Å². The topological polar surface area (TPSA) is 68.7 Å². The molecule has 6 nitrogen and oxygen atoms in total. The third-order valence-electron chi connectivity index (χ3n) is 2.60. The molecule has 1 rings (SSSR count). The van der Waals surface area contributed by atoms with Crippen LogP contribution in [0, 0.1) is 0 Å². The van der Waals surface area contributed by atoms with Crippen LogP contribution in [0.3, 0.4) is 0 Å². The molecule has 1 heterocycles. The van der Waals surface area contributed by atoms with Crippen LogP contribution in [-0.4, -0.2) is 49.6 Å². The molecule has 0 fully saturated rings. The van der Waals surface area contributed by atoms with Gasteiger partial charge in [0, 0.05) is 19.3 Å². The predicted octanol–water partition coefficient (Wildman–Crippen LogP) is 0.863. The van der Waals surface area contributed by atoms with E-state index in [0.29, 0.717) is 25.1 Å². The Bertz CT molecular complexity index is 431. The van der Waals surface area contributed by atoms with Gasteiger partial charge < -0.3 is 9.47 Å². The zero-order valence-corrected chi connectivity index (χ0v) is 11.4. The molecule has 104 valence electrons. The molecule has 0 aliphatic rings. The summed E-state index contributed by atoms with van der Waals surface area (Å²) in [6.45, 7) is 1.19. The van der Waals surface area contributed by atoms with Gasteiger partial charge in [-0.1, -0.05) is 0 Å². The Morgan fingerprint density at radius 2 is 2.00 bits per heavy atom. The molecule has 0 aliphatic heterocycles. The van der Waals surface area contributed by atoms with E-state index >= 15 is 0 Å². The van der Waals surface area contributed by atoms with E-state index in [1.807, 2.05) is 11.9 Å². The third kappa shape index (κ3) is 5.05. The van der Waals surface area contributed by atoms with E-state index in [4.69, 9.17) is 0 Å². The van der Waals surface area contributed by atoms with Gasteiger partial charge in [0.15, 0.2) is 0 Å². The van der Waals surface area contributed by atoms with E-state index in [1.54, 1.807) is 12.1 Å². The number of methoxy groups -OCH3 is 2. The van der Waals surface area contributed by atoms with Crippen molar-refractivity contribution in [1.29, 1.82) is 0 Å². The largest absolute Gasteiger partial charge is 0.469 e. The van der Waals surface area contributed by atoms with E-state index in [-0.39, 0.29) is 5.97 Å². The number of pyridine rings is 1. The Kier molecular flexibility index (Phi) is 5.95. The van der Waals surface area contributed by atoms with Crippen molar-refractivity contribution in [2.24, 2.45) is 0 Å². The summed E-state index contributed by atoms with van der Waals surface area (Å²) >= 11 is 0. The average Bonchev–Trinajstić information content (AvgIpc) is 2.44. The molecule has 0 amide bonds. The predicted molar refractivity (Wildman–Crippen MR) is 68.5 cm³/mol. The van der Waals surface area contributed by atoms with Crippen molar-refractivity contribution in [3.05, 3.63) is 29.6 Å². The lowest BCUT2D eigenvalue weighted by molar-refractivity contribution is -0.140. The second-order valence-electron chi connectivity index (χ2n) is 4.09. The summed E-state index contributed by atoms with van der Waals surface area (Å²) in [5.74, 6) is -0.640. The lowest BCUT2D eigenvalue weighted by Crippen LogP contribution is -2.22. The SMILES string of the molecule is COC(=O)CCN(C)Cc1ccc(C(=O)OC)cn1. The molecule has 0 aliphatic carbocycles. The first-order valence-electron chi connectivity index (χ1n) is 5.85. The van der Waals surface area contributed by atoms with Gasteiger partial charge in [-0.3, -0.25) is 14.7 Å². The standard InChI is InChI=1S/C13H18N2O4/c1-15(7-6-12(16)18-2)9-11-5-4-10(8-14-11)13(17)19-3/h4-5,8H,6-7,9H2,1-3H3. The van der Waals surface area contributed by atoms with Crippen molar-refractivity contribution >= 4 is 11.9 Å². The lowest BCUT2D eigenvalue weighted by atomic mass is 10.2. The van der Waals surface area contributed by atoms with Gasteiger partial charge in [-0.25, -0.2) is 4.79 Å². The van der Waals surface area contributed by atoms with Crippen molar-refractivity contribution in [3.63, 3.8) is 0 Å². The summed E-state index contributed by atoms with van der Waals surface area (Å²) < 4.78 is 9.17. The minimum absolute atomic E-state index is 0.235. The number of hydrogen-bond donors (Lipinski definition) is 0. The molecule has 6 heteroatoms. The van der Waals surface area contributed by atoms with Crippen molar-refractivity contribution in [1.82, 2.24) is 9.88 Å². The number of nitrogens with zero attached hydrogens (tertiary/aromatic N) is 2. The van der Waals surface area contributed by atoms with E-state index < -0.39 is 5.97 Å². The van der Waals surface area contributed by atoms with Crippen LogP contribution in [0.15, 0.2) is 18.3 Å². The highest BCUT2D eigenvalue weighted by molar-refractivity contribution is 5.88. The Balaban J connectivity index is 2.48. The van der Waals surface area contributed by atoms with Gasteiger partial charge in [0.25, 0.3) is 0 Å². The zero-order valence-electron chi connectivity index (χ0n) is 11.4. The second-order valence-corrected chi connectivity index (χ2v) is 4.09. The highest BCUT2D eigenvalue weighted by Crippen LogP contribution is 2.04. The Morgan fingerprint density at radius 1 is 1.26 bits per heavy atom. The van der Waals surface area contributed by atoms with Crippen LogP contribution in [0.2, 0.25) is 0 Å². The Morgan fingerprint density at radius 3 is 2.53 bits per heavy atom. The van der Waals surface area contributed by atoms with Crippen molar-refractivity contribution < 1.29 is 19.1 Å². The first-order chi connectivity index (χ1) is 9.06. The monoisotopic (exact) mass is 266 g/mol. The maximum absolute atomic E-state index is 11.2. The highest BCUT2D eigenvalue weighted by atomic mass is 16.5. The van der Waals surface area contributed by atoms with Gasteiger partial charge in [0.05, 0.1) is 31.9 Å². The number of hydrogen-bond acceptors (Lipinski definition) is 6. The van der Waals surface area contributed by atoms with Crippen LogP contribution in [0.5, 0.6) is 0 Å². The summed E-state index contributed by atoms with van der Waals surface area (Å²) in [6, 6.07) is 3.43. The molecule has 0 saturated carbocycles. The van der Waals surface area contributed by atoms with Gasteiger partial charge in [-0.05, 0) is 19.2 Å². The normalized spacial score (nSPS) is 10.3. The summed E-state index contributed by atoms with van der Waals surface area (Å²) in [6.07, 6.45) is 1.82. The molecule has 0 radical (unpaired) electrons. The maximum atomic E-state index is 11.2. The van der Waals surface area contributed by atoms with Crippen molar-refractivity contribution in [2.45, 2.75) is 13.0 Å². The number of rotatable bonds is 6. The molecule has 0 saturated heterocycles. The van der Waals surface area contributed by atoms with Crippen molar-refractivity contribution in [3.8, 4) is 0 Å². The van der Waals surface area contributed by atoms with Gasteiger partial charge in [-0.15, -0.1) is 0 Å². The maximum Gasteiger partial charge on any atom is 0.339 e. The van der Waals surface area contributed by atoms with Crippen LogP contribution in [0.4, 0.5) is 0 Å². The number of ether oxygens (including phenoxy) is 2. The van der Waals surface area contributed by atoms with E-state index in [9.17, 15) is 9.59 Å². The summed E-state index contributed by atoms with van der Waals surface area (Å²) in [4.78, 5) is 28.4. The molecule has 0 aromatic carbocycles. The first-order valence-corrected chi connectivity index (χ1v) is 5.85. The molecule has 0 atom stereocenters. The smallest absolute Gasteiger partial charge is 0.339 e. The highest BCUT2D eigenvalue weighted by Gasteiger charge is 2.08. The van der Waals surface area contributed by atoms with Crippen LogP contribution in [-0.2, 0) is 20.8 Å². The molecule has 0 unspecified atom stereocenters. The summed E-state index contributed by atoms with van der Waals surface area (Å²) in [5.41, 5.74) is 1.24. The molecule has 0 spiro atoms. The molecule has 1 aromatic rings. The van der Waals surface area contributed by atoms with E-state index in [0.717, 1.165) is 5.69 Å². The minimum atomic E-state index is -0.405. The fraction of sp³-hybridized carbons (Fsp3) is 0.462. The molecular formula is C13H18N2O4. The van der Waals surface area contributed by atoms with Crippen LogP contribution < -0.4 is 0 Å². The fourth-order valence-corrected chi connectivity index (χ4v) is 1.50. The quantitative estimate of drug-likeness (QED) is 0.711. The van der Waals surface area contributed by atoms with Gasteiger partial charge in [-0.2, -0.15) is 0 Å².